The summed E-state index contributed by atoms with van der Waals surface area (Å²) in [5, 5.41) is 2.94. The highest BCUT2D eigenvalue weighted by atomic mass is 32.2. The molecule has 2 aromatic rings. The number of nitrogens with zero attached hydrogens (tertiary/aromatic N) is 3. The third-order valence-electron chi connectivity index (χ3n) is 3.98. The van der Waals surface area contributed by atoms with Gasteiger partial charge < -0.3 is 9.88 Å². The van der Waals surface area contributed by atoms with E-state index in [1.165, 1.54) is 18.4 Å². The number of carbonyl (C=O) groups excluding carboxylic acids is 1. The van der Waals surface area contributed by atoms with Gasteiger partial charge in [-0.25, -0.2) is 17.7 Å². The molecule has 0 fully saturated rings. The third kappa shape index (κ3) is 4.42. The van der Waals surface area contributed by atoms with E-state index in [4.69, 9.17) is 0 Å². The predicted octanol–water partition coefficient (Wildman–Crippen LogP) is 2.15. The van der Waals surface area contributed by atoms with E-state index >= 15 is 0 Å². The van der Waals surface area contributed by atoms with Crippen LogP contribution in [0.15, 0.2) is 23.1 Å². The van der Waals surface area contributed by atoms with E-state index in [9.17, 15) is 13.2 Å². The summed E-state index contributed by atoms with van der Waals surface area (Å²) in [5.74, 6) is 0.758. The van der Waals surface area contributed by atoms with Crippen molar-refractivity contribution in [2.45, 2.75) is 57.5 Å². The second-order valence-electron chi connectivity index (χ2n) is 7.51. The molecule has 1 amide bonds. The number of fused-ring (bicyclic) bond motifs is 1. The summed E-state index contributed by atoms with van der Waals surface area (Å²) in [7, 11) is -0.498. The van der Waals surface area contributed by atoms with Crippen LogP contribution in [-0.4, -0.2) is 47.8 Å². The molecular formula is C18H28N4O3S. The number of hydrogen-bond donors (Lipinski definition) is 1. The van der Waals surface area contributed by atoms with Gasteiger partial charge in [-0.05, 0) is 45.9 Å². The number of benzene rings is 1. The number of amides is 1. The Morgan fingerprint density at radius 1 is 1.27 bits per heavy atom. The van der Waals surface area contributed by atoms with Crippen LogP contribution in [0.5, 0.6) is 0 Å². The van der Waals surface area contributed by atoms with E-state index in [-0.39, 0.29) is 16.3 Å². The number of nitrogens with one attached hydrogen (secondary N) is 1. The Bertz CT molecular complexity index is 908. The second kappa shape index (κ2) is 7.36. The van der Waals surface area contributed by atoms with Gasteiger partial charge in [0.1, 0.15) is 5.82 Å². The Morgan fingerprint density at radius 3 is 2.46 bits per heavy atom. The Labute approximate surface area is 155 Å². The van der Waals surface area contributed by atoms with Gasteiger partial charge in [0.15, 0.2) is 0 Å². The van der Waals surface area contributed by atoms with Gasteiger partial charge in [0, 0.05) is 39.0 Å². The zero-order valence-corrected chi connectivity index (χ0v) is 17.1. The van der Waals surface area contributed by atoms with Crippen LogP contribution in [-0.2, 0) is 27.8 Å². The van der Waals surface area contributed by atoms with Gasteiger partial charge in [0.05, 0.1) is 15.9 Å². The molecule has 1 aromatic carbocycles. The Kier molecular flexibility index (Phi) is 5.77. The highest BCUT2D eigenvalue weighted by molar-refractivity contribution is 7.89. The molecule has 1 aromatic heterocycles. The minimum Gasteiger partial charge on any atom is -0.351 e. The normalized spacial score (nSPS) is 12.7. The lowest BCUT2D eigenvalue weighted by Gasteiger charge is -2.20. The maximum atomic E-state index is 12.3. The van der Waals surface area contributed by atoms with Crippen molar-refractivity contribution in [2.24, 2.45) is 0 Å². The Balaban J connectivity index is 2.32. The monoisotopic (exact) mass is 380 g/mol. The molecule has 0 spiro atoms. The zero-order valence-electron chi connectivity index (χ0n) is 16.3. The van der Waals surface area contributed by atoms with Crippen LogP contribution in [0.2, 0.25) is 0 Å². The van der Waals surface area contributed by atoms with Crippen molar-refractivity contribution in [3.8, 4) is 0 Å². The van der Waals surface area contributed by atoms with Gasteiger partial charge in [0.2, 0.25) is 15.9 Å². The summed E-state index contributed by atoms with van der Waals surface area (Å²) in [6.07, 6.45) is 0.837. The van der Waals surface area contributed by atoms with E-state index in [2.05, 4.69) is 10.3 Å². The first-order chi connectivity index (χ1) is 12.0. The van der Waals surface area contributed by atoms with Crippen molar-refractivity contribution in [1.29, 1.82) is 0 Å². The van der Waals surface area contributed by atoms with Gasteiger partial charge in [-0.3, -0.25) is 4.79 Å². The summed E-state index contributed by atoms with van der Waals surface area (Å²) in [6, 6.07) is 4.97. The third-order valence-corrected chi connectivity index (χ3v) is 5.79. The molecule has 1 heterocycles. The molecule has 0 radical (unpaired) electrons. The van der Waals surface area contributed by atoms with Crippen LogP contribution in [0.4, 0.5) is 0 Å². The molecule has 0 aliphatic heterocycles. The Morgan fingerprint density at radius 2 is 1.92 bits per heavy atom. The van der Waals surface area contributed by atoms with Gasteiger partial charge in [-0.1, -0.05) is 0 Å². The quantitative estimate of drug-likeness (QED) is 0.832. The number of sulfonamides is 1. The molecule has 0 aliphatic rings. The van der Waals surface area contributed by atoms with E-state index in [0.717, 1.165) is 11.3 Å². The number of aromatic nitrogens is 2. The van der Waals surface area contributed by atoms with Crippen molar-refractivity contribution >= 4 is 27.0 Å². The van der Waals surface area contributed by atoms with Crippen LogP contribution in [0.25, 0.3) is 11.0 Å². The van der Waals surface area contributed by atoms with Crippen LogP contribution < -0.4 is 5.32 Å². The van der Waals surface area contributed by atoms with Crippen LogP contribution in [0.3, 0.4) is 0 Å². The summed E-state index contributed by atoms with van der Waals surface area (Å²) in [4.78, 5) is 16.9. The summed E-state index contributed by atoms with van der Waals surface area (Å²) in [5.41, 5.74) is 1.23. The standard InChI is InChI=1S/C18H28N4O3S/c1-7-22-15-9-8-13(26(24,25)21(5)6)12-14(15)19-16(22)10-11-17(23)20-18(2,3)4/h8-9,12H,7,10-11H2,1-6H3,(H,20,23). The zero-order chi connectivity index (χ0) is 19.7. The van der Waals surface area contributed by atoms with E-state index < -0.39 is 10.0 Å². The summed E-state index contributed by atoms with van der Waals surface area (Å²) in [6.45, 7) is 8.54. The molecular weight excluding hydrogens is 352 g/mol. The SMILES string of the molecule is CCn1c(CCC(=O)NC(C)(C)C)nc2cc(S(=O)(=O)N(C)C)ccc21. The van der Waals surface area contributed by atoms with Gasteiger partial charge in [0.25, 0.3) is 0 Å². The first-order valence-corrected chi connectivity index (χ1v) is 10.1. The fraction of sp³-hybridized carbons (Fsp3) is 0.556. The molecule has 144 valence electrons. The molecule has 26 heavy (non-hydrogen) atoms. The highest BCUT2D eigenvalue weighted by Gasteiger charge is 2.20. The van der Waals surface area contributed by atoms with Gasteiger partial charge in [-0.15, -0.1) is 0 Å². The van der Waals surface area contributed by atoms with Crippen molar-refractivity contribution < 1.29 is 13.2 Å². The average Bonchev–Trinajstić information content (AvgIpc) is 2.87. The van der Waals surface area contributed by atoms with Gasteiger partial charge in [-0.2, -0.15) is 0 Å². The summed E-state index contributed by atoms with van der Waals surface area (Å²) < 4.78 is 27.8. The molecule has 0 saturated heterocycles. The first-order valence-electron chi connectivity index (χ1n) is 8.68. The topological polar surface area (TPSA) is 84.3 Å². The highest BCUT2D eigenvalue weighted by Crippen LogP contribution is 2.22. The van der Waals surface area contributed by atoms with Crippen LogP contribution >= 0.6 is 0 Å². The van der Waals surface area contributed by atoms with E-state index in [1.807, 2.05) is 32.3 Å². The number of carbonyl (C=O) groups is 1. The number of hydrogen-bond acceptors (Lipinski definition) is 4. The predicted molar refractivity (Wildman–Crippen MR) is 102 cm³/mol. The molecule has 8 heteroatoms. The maximum Gasteiger partial charge on any atom is 0.242 e. The Hall–Kier alpha value is -1.93. The fourth-order valence-electron chi connectivity index (χ4n) is 2.78. The minimum absolute atomic E-state index is 0.0249. The smallest absolute Gasteiger partial charge is 0.242 e. The minimum atomic E-state index is -3.50. The van der Waals surface area contributed by atoms with E-state index in [0.29, 0.717) is 24.9 Å². The molecule has 2 rings (SSSR count). The van der Waals surface area contributed by atoms with Crippen LogP contribution in [0, 0.1) is 0 Å². The molecule has 0 atom stereocenters. The van der Waals surface area contributed by atoms with E-state index in [1.54, 1.807) is 18.2 Å². The molecule has 0 saturated carbocycles. The van der Waals surface area contributed by atoms with Crippen molar-refractivity contribution in [1.82, 2.24) is 19.2 Å². The average molecular weight is 381 g/mol. The lowest BCUT2D eigenvalue weighted by Crippen LogP contribution is -2.40. The van der Waals surface area contributed by atoms with Gasteiger partial charge >= 0.3 is 0 Å². The number of imidazole rings is 1. The second-order valence-corrected chi connectivity index (χ2v) is 9.66. The first kappa shape index (κ1) is 20.4. The van der Waals surface area contributed by atoms with Crippen molar-refractivity contribution in [2.75, 3.05) is 14.1 Å². The maximum absolute atomic E-state index is 12.3. The fourth-order valence-corrected chi connectivity index (χ4v) is 3.70. The van der Waals surface area contributed by atoms with Crippen molar-refractivity contribution in [3.05, 3.63) is 24.0 Å². The molecule has 1 N–H and O–H groups in total. The lowest BCUT2D eigenvalue weighted by molar-refractivity contribution is -0.122. The summed E-state index contributed by atoms with van der Waals surface area (Å²) >= 11 is 0. The molecule has 0 unspecified atom stereocenters. The molecule has 0 bridgehead atoms. The number of rotatable bonds is 6. The largest absolute Gasteiger partial charge is 0.351 e. The lowest BCUT2D eigenvalue weighted by atomic mass is 10.1. The van der Waals surface area contributed by atoms with Crippen LogP contribution in [0.1, 0.15) is 39.9 Å². The molecule has 7 nitrogen and oxygen atoms in total. The number of aryl methyl sites for hydroxylation is 2. The van der Waals surface area contributed by atoms with Crippen molar-refractivity contribution in [3.63, 3.8) is 0 Å². The molecule has 0 aliphatic carbocycles.